The predicted molar refractivity (Wildman–Crippen MR) is 86.8 cm³/mol. The van der Waals surface area contributed by atoms with Crippen LogP contribution in [0.2, 0.25) is 0 Å². The van der Waals surface area contributed by atoms with Crippen LogP contribution >= 0.6 is 0 Å². The molecule has 1 heterocycles. The minimum atomic E-state index is 0.343. The molecule has 2 rings (SSSR count). The summed E-state index contributed by atoms with van der Waals surface area (Å²) in [6, 6.07) is 0.701. The molecule has 0 bridgehead atoms. The van der Waals surface area contributed by atoms with E-state index in [9.17, 15) is 0 Å². The van der Waals surface area contributed by atoms with Gasteiger partial charge in [-0.3, -0.25) is 4.68 Å². The van der Waals surface area contributed by atoms with Crippen molar-refractivity contribution in [3.05, 3.63) is 11.9 Å². The van der Waals surface area contributed by atoms with E-state index < -0.39 is 0 Å². The molecule has 1 saturated carbocycles. The second kappa shape index (κ2) is 7.83. The molecule has 120 valence electrons. The maximum atomic E-state index is 5.55. The van der Waals surface area contributed by atoms with Crippen molar-refractivity contribution in [2.24, 2.45) is 5.92 Å². The summed E-state index contributed by atoms with van der Waals surface area (Å²) >= 11 is 0. The molecule has 4 heteroatoms. The molecule has 1 aliphatic carbocycles. The molecule has 0 saturated heterocycles. The molecule has 1 fully saturated rings. The van der Waals surface area contributed by atoms with Crippen LogP contribution in [-0.2, 0) is 0 Å². The Labute approximate surface area is 129 Å². The van der Waals surface area contributed by atoms with Crippen molar-refractivity contribution in [2.45, 2.75) is 71.4 Å². The molecule has 1 aliphatic rings. The smallest absolute Gasteiger partial charge is 0.161 e. The van der Waals surface area contributed by atoms with Crippen molar-refractivity contribution in [1.82, 2.24) is 15.1 Å². The third-order valence-electron chi connectivity index (χ3n) is 4.63. The fraction of sp³-hybridized carbons (Fsp3) is 0.824. The molecule has 1 atom stereocenters. The summed E-state index contributed by atoms with van der Waals surface area (Å²) in [7, 11) is 1.74. The van der Waals surface area contributed by atoms with Gasteiger partial charge in [-0.25, -0.2) is 0 Å². The summed E-state index contributed by atoms with van der Waals surface area (Å²) in [5.41, 5.74) is 1.22. The highest BCUT2D eigenvalue weighted by molar-refractivity contribution is 5.28. The molecule has 0 spiro atoms. The number of ether oxygens (including phenoxy) is 1. The highest BCUT2D eigenvalue weighted by Gasteiger charge is 2.24. The standard InChI is InChI=1S/C17H31N3O/c1-5-18-15(11-10-14-8-6-7-9-14)17-16(21-4)12-19-20(17)13(2)3/h12-15,18H,5-11H2,1-4H3. The first kappa shape index (κ1) is 16.3. The zero-order valence-electron chi connectivity index (χ0n) is 14.1. The van der Waals surface area contributed by atoms with Crippen molar-refractivity contribution in [2.75, 3.05) is 13.7 Å². The summed E-state index contributed by atoms with van der Waals surface area (Å²) in [6.07, 6.45) is 10.0. The Balaban J connectivity index is 2.13. The van der Waals surface area contributed by atoms with Crippen LogP contribution in [0.5, 0.6) is 5.75 Å². The van der Waals surface area contributed by atoms with Gasteiger partial charge in [0.25, 0.3) is 0 Å². The van der Waals surface area contributed by atoms with E-state index in [0.29, 0.717) is 12.1 Å². The first-order valence-electron chi connectivity index (χ1n) is 8.52. The highest BCUT2D eigenvalue weighted by Crippen LogP contribution is 2.34. The van der Waals surface area contributed by atoms with Crippen molar-refractivity contribution in [1.29, 1.82) is 0 Å². The Morgan fingerprint density at radius 3 is 2.67 bits per heavy atom. The monoisotopic (exact) mass is 293 g/mol. The molecular formula is C17H31N3O. The van der Waals surface area contributed by atoms with E-state index in [2.05, 4.69) is 35.9 Å². The van der Waals surface area contributed by atoms with Gasteiger partial charge in [0.1, 0.15) is 0 Å². The van der Waals surface area contributed by atoms with Crippen molar-refractivity contribution in [3.63, 3.8) is 0 Å². The summed E-state index contributed by atoms with van der Waals surface area (Å²) in [5, 5.41) is 8.16. The zero-order valence-corrected chi connectivity index (χ0v) is 14.1. The van der Waals surface area contributed by atoms with E-state index in [-0.39, 0.29) is 0 Å². The van der Waals surface area contributed by atoms with E-state index in [4.69, 9.17) is 4.74 Å². The quantitative estimate of drug-likeness (QED) is 0.784. The van der Waals surface area contributed by atoms with Crippen molar-refractivity contribution in [3.8, 4) is 5.75 Å². The van der Waals surface area contributed by atoms with Gasteiger partial charge < -0.3 is 10.1 Å². The number of hydrogen-bond donors (Lipinski definition) is 1. The fourth-order valence-electron chi connectivity index (χ4n) is 3.54. The molecular weight excluding hydrogens is 262 g/mol. The van der Waals surface area contributed by atoms with Crippen LogP contribution in [0.3, 0.4) is 0 Å². The third kappa shape index (κ3) is 4.00. The van der Waals surface area contributed by atoms with Crippen LogP contribution in [-0.4, -0.2) is 23.4 Å². The third-order valence-corrected chi connectivity index (χ3v) is 4.63. The number of nitrogens with one attached hydrogen (secondary N) is 1. The molecule has 4 nitrogen and oxygen atoms in total. The summed E-state index contributed by atoms with van der Waals surface area (Å²) < 4.78 is 7.66. The average molecular weight is 293 g/mol. The van der Waals surface area contributed by atoms with Crippen LogP contribution in [0.1, 0.15) is 77.1 Å². The minimum absolute atomic E-state index is 0.343. The summed E-state index contributed by atoms with van der Waals surface area (Å²) in [4.78, 5) is 0. The van der Waals surface area contributed by atoms with E-state index in [1.165, 1.54) is 44.2 Å². The summed E-state index contributed by atoms with van der Waals surface area (Å²) in [6.45, 7) is 7.50. The van der Waals surface area contributed by atoms with E-state index in [1.807, 2.05) is 6.20 Å². The number of methoxy groups -OCH3 is 1. The minimum Gasteiger partial charge on any atom is -0.493 e. The Morgan fingerprint density at radius 1 is 1.38 bits per heavy atom. The van der Waals surface area contributed by atoms with Crippen molar-refractivity contribution < 1.29 is 4.74 Å². The lowest BCUT2D eigenvalue weighted by atomic mass is 9.96. The van der Waals surface area contributed by atoms with Gasteiger partial charge in [-0.1, -0.05) is 32.6 Å². The fourth-order valence-corrected chi connectivity index (χ4v) is 3.54. The lowest BCUT2D eigenvalue weighted by Crippen LogP contribution is -2.25. The lowest BCUT2D eigenvalue weighted by Gasteiger charge is -2.23. The number of nitrogens with zero attached hydrogens (tertiary/aromatic N) is 2. The molecule has 1 aromatic heterocycles. The SMILES string of the molecule is CCNC(CCC1CCCC1)c1c(OC)cnn1C(C)C. The molecule has 1 unspecified atom stereocenters. The maximum Gasteiger partial charge on any atom is 0.161 e. The van der Waals surface area contributed by atoms with Crippen molar-refractivity contribution >= 4 is 0 Å². The predicted octanol–water partition coefficient (Wildman–Crippen LogP) is 4.09. The maximum absolute atomic E-state index is 5.55. The molecule has 1 N–H and O–H groups in total. The number of rotatable bonds is 8. The Morgan fingerprint density at radius 2 is 2.10 bits per heavy atom. The lowest BCUT2D eigenvalue weighted by molar-refractivity contribution is 0.360. The van der Waals surface area contributed by atoms with Gasteiger partial charge in [0, 0.05) is 6.04 Å². The Hall–Kier alpha value is -1.03. The molecule has 0 aromatic carbocycles. The normalized spacial score (nSPS) is 17.6. The highest BCUT2D eigenvalue weighted by atomic mass is 16.5. The van der Waals surface area contributed by atoms with E-state index in [0.717, 1.165) is 18.2 Å². The Kier molecular flexibility index (Phi) is 6.09. The van der Waals surface area contributed by atoms with Crippen LogP contribution in [0.4, 0.5) is 0 Å². The second-order valence-corrected chi connectivity index (χ2v) is 6.47. The topological polar surface area (TPSA) is 39.1 Å². The van der Waals surface area contributed by atoms with Gasteiger partial charge in [0.15, 0.2) is 5.75 Å². The molecule has 0 radical (unpaired) electrons. The first-order chi connectivity index (χ1) is 10.2. The zero-order chi connectivity index (χ0) is 15.2. The van der Waals surface area contributed by atoms with Crippen LogP contribution in [0.15, 0.2) is 6.20 Å². The van der Waals surface area contributed by atoms with Gasteiger partial charge in [-0.2, -0.15) is 5.10 Å². The number of hydrogen-bond acceptors (Lipinski definition) is 3. The van der Waals surface area contributed by atoms with Gasteiger partial charge in [-0.15, -0.1) is 0 Å². The molecule has 21 heavy (non-hydrogen) atoms. The average Bonchev–Trinajstić information content (AvgIpc) is 3.12. The molecule has 0 aliphatic heterocycles. The number of aromatic nitrogens is 2. The van der Waals surface area contributed by atoms with Gasteiger partial charge in [0.05, 0.1) is 25.0 Å². The second-order valence-electron chi connectivity index (χ2n) is 6.47. The summed E-state index contributed by atoms with van der Waals surface area (Å²) in [5.74, 6) is 1.84. The first-order valence-corrected chi connectivity index (χ1v) is 8.52. The molecule has 0 amide bonds. The van der Waals surface area contributed by atoms with Crippen LogP contribution in [0, 0.1) is 5.92 Å². The van der Waals surface area contributed by atoms with Gasteiger partial charge >= 0.3 is 0 Å². The van der Waals surface area contributed by atoms with Crippen LogP contribution in [0.25, 0.3) is 0 Å². The largest absolute Gasteiger partial charge is 0.493 e. The van der Waals surface area contributed by atoms with Gasteiger partial charge in [0.2, 0.25) is 0 Å². The van der Waals surface area contributed by atoms with E-state index >= 15 is 0 Å². The van der Waals surface area contributed by atoms with Crippen LogP contribution < -0.4 is 10.1 Å². The Bertz CT molecular complexity index is 422. The van der Waals surface area contributed by atoms with Gasteiger partial charge in [-0.05, 0) is 39.2 Å². The molecule has 1 aromatic rings. The van der Waals surface area contributed by atoms with E-state index in [1.54, 1.807) is 7.11 Å².